The Labute approximate surface area is 192 Å². The number of aliphatic hydroxyl groups is 2. The molecule has 5 atom stereocenters. The molecule has 0 aromatic heterocycles. The zero-order valence-corrected chi connectivity index (χ0v) is 19.0. The van der Waals surface area contributed by atoms with Crippen molar-refractivity contribution in [1.29, 1.82) is 0 Å². The van der Waals surface area contributed by atoms with E-state index in [9.17, 15) is 34.5 Å². The highest BCUT2D eigenvalue weighted by molar-refractivity contribution is 5.94. The number of carboxylic acids is 1. The number of carbonyl (C=O) groups excluding carboxylic acids is 3. The zero-order chi connectivity index (χ0) is 25.1. The van der Waals surface area contributed by atoms with Gasteiger partial charge in [0.1, 0.15) is 24.2 Å². The third kappa shape index (κ3) is 9.56. The maximum Gasteiger partial charge on any atom is 0.326 e. The van der Waals surface area contributed by atoms with Gasteiger partial charge in [0.2, 0.25) is 17.7 Å². The van der Waals surface area contributed by atoms with Gasteiger partial charge in [0, 0.05) is 6.42 Å². The van der Waals surface area contributed by atoms with Crippen molar-refractivity contribution < 1.29 is 34.5 Å². The molecule has 0 saturated carbocycles. The summed E-state index contributed by atoms with van der Waals surface area (Å²) in [6.07, 6.45) is -0.935. The predicted octanol–water partition coefficient (Wildman–Crippen LogP) is -1.49. The van der Waals surface area contributed by atoms with Gasteiger partial charge in [-0.2, -0.15) is 0 Å². The maximum absolute atomic E-state index is 12.9. The van der Waals surface area contributed by atoms with E-state index in [-0.39, 0.29) is 18.8 Å². The number of benzene rings is 1. The normalized spacial score (nSPS) is 15.6. The molecule has 0 bridgehead atoms. The smallest absolute Gasteiger partial charge is 0.326 e. The highest BCUT2D eigenvalue weighted by Gasteiger charge is 2.31. The number of nitrogens with two attached hydrogens (primary N) is 1. The molecule has 8 N–H and O–H groups in total. The van der Waals surface area contributed by atoms with Crippen molar-refractivity contribution in [1.82, 2.24) is 16.0 Å². The minimum atomic E-state index is -1.41. The molecule has 0 aliphatic heterocycles. The predicted molar refractivity (Wildman–Crippen MR) is 120 cm³/mol. The molecule has 0 aliphatic rings. The molecule has 0 spiro atoms. The summed E-state index contributed by atoms with van der Waals surface area (Å²) in [4.78, 5) is 49.2. The van der Waals surface area contributed by atoms with Crippen molar-refractivity contribution in [3.8, 4) is 0 Å². The van der Waals surface area contributed by atoms with Crippen molar-refractivity contribution in [2.45, 2.75) is 63.9 Å². The van der Waals surface area contributed by atoms with Gasteiger partial charge in [0.15, 0.2) is 0 Å². The van der Waals surface area contributed by atoms with Gasteiger partial charge in [0.05, 0.1) is 12.7 Å². The van der Waals surface area contributed by atoms with Gasteiger partial charge < -0.3 is 37.0 Å². The molecule has 0 fully saturated rings. The number of nitrogens with one attached hydrogen (secondary N) is 3. The topological polar surface area (TPSA) is 191 Å². The summed E-state index contributed by atoms with van der Waals surface area (Å²) in [7, 11) is 0. The third-order valence-electron chi connectivity index (χ3n) is 4.88. The fourth-order valence-corrected chi connectivity index (χ4v) is 2.98. The van der Waals surface area contributed by atoms with Crippen LogP contribution < -0.4 is 21.7 Å². The average Bonchev–Trinajstić information content (AvgIpc) is 2.75. The summed E-state index contributed by atoms with van der Waals surface area (Å²) in [5.74, 6) is -3.67. The van der Waals surface area contributed by atoms with Crippen LogP contribution in [0.3, 0.4) is 0 Å². The minimum Gasteiger partial charge on any atom is -0.480 e. The quantitative estimate of drug-likeness (QED) is 0.183. The van der Waals surface area contributed by atoms with Crippen LogP contribution in [0.25, 0.3) is 0 Å². The molecule has 0 saturated heterocycles. The largest absolute Gasteiger partial charge is 0.480 e. The van der Waals surface area contributed by atoms with Gasteiger partial charge in [-0.15, -0.1) is 0 Å². The van der Waals surface area contributed by atoms with E-state index in [0.29, 0.717) is 5.56 Å². The summed E-state index contributed by atoms with van der Waals surface area (Å²) in [6, 6.07) is 3.73. The summed E-state index contributed by atoms with van der Waals surface area (Å²) in [5.41, 5.74) is 6.24. The Morgan fingerprint density at radius 2 is 1.39 bits per heavy atom. The van der Waals surface area contributed by atoms with Crippen LogP contribution in [0.4, 0.5) is 0 Å². The summed E-state index contributed by atoms with van der Waals surface area (Å²) >= 11 is 0. The second-order valence-corrected chi connectivity index (χ2v) is 8.29. The highest BCUT2D eigenvalue weighted by atomic mass is 16.4. The lowest BCUT2D eigenvalue weighted by Crippen LogP contribution is -2.59. The molecule has 11 heteroatoms. The molecule has 0 heterocycles. The van der Waals surface area contributed by atoms with Crippen molar-refractivity contribution in [3.63, 3.8) is 0 Å². The van der Waals surface area contributed by atoms with Crippen molar-refractivity contribution in [2.24, 2.45) is 11.7 Å². The molecule has 1 aromatic carbocycles. The molecule has 1 aromatic rings. The first-order valence-electron chi connectivity index (χ1n) is 10.7. The molecule has 5 unspecified atom stereocenters. The van der Waals surface area contributed by atoms with Crippen molar-refractivity contribution in [3.05, 3.63) is 35.9 Å². The number of rotatable bonds is 13. The van der Waals surface area contributed by atoms with Crippen LogP contribution in [0.2, 0.25) is 0 Å². The molecular weight excluding hydrogens is 432 g/mol. The van der Waals surface area contributed by atoms with E-state index >= 15 is 0 Å². The Hall–Kier alpha value is -3.02. The first-order chi connectivity index (χ1) is 15.5. The maximum atomic E-state index is 12.9. The molecule has 0 radical (unpaired) electrons. The molecule has 33 heavy (non-hydrogen) atoms. The van der Waals surface area contributed by atoms with E-state index in [4.69, 9.17) is 5.73 Å². The Balaban J connectivity index is 2.91. The van der Waals surface area contributed by atoms with Crippen molar-refractivity contribution in [2.75, 3.05) is 6.61 Å². The number of amides is 3. The lowest BCUT2D eigenvalue weighted by atomic mass is 10.0. The van der Waals surface area contributed by atoms with Gasteiger partial charge in [-0.05, 0) is 24.8 Å². The average molecular weight is 467 g/mol. The molecule has 11 nitrogen and oxygen atoms in total. The van der Waals surface area contributed by atoms with E-state index in [1.54, 1.807) is 30.3 Å². The van der Waals surface area contributed by atoms with Crippen LogP contribution in [0.1, 0.15) is 32.8 Å². The van der Waals surface area contributed by atoms with Gasteiger partial charge in [0.25, 0.3) is 0 Å². The Morgan fingerprint density at radius 3 is 1.88 bits per heavy atom. The minimum absolute atomic E-state index is 0.0377. The van der Waals surface area contributed by atoms with E-state index in [2.05, 4.69) is 16.0 Å². The van der Waals surface area contributed by atoms with Gasteiger partial charge in [-0.3, -0.25) is 14.4 Å². The number of carbonyl (C=O) groups is 4. The lowest BCUT2D eigenvalue weighted by Gasteiger charge is -2.25. The fourth-order valence-electron chi connectivity index (χ4n) is 2.98. The SMILES string of the molecule is CC(C)CC(NC(=O)C(CO)NC(=O)C(N)C(C)O)C(=O)NC(Cc1ccccc1)C(=O)O. The van der Waals surface area contributed by atoms with Gasteiger partial charge >= 0.3 is 5.97 Å². The van der Waals surface area contributed by atoms with E-state index < -0.39 is 60.6 Å². The van der Waals surface area contributed by atoms with Crippen molar-refractivity contribution >= 4 is 23.7 Å². The highest BCUT2D eigenvalue weighted by Crippen LogP contribution is 2.08. The molecule has 1 rings (SSSR count). The van der Waals surface area contributed by atoms with E-state index in [0.717, 1.165) is 0 Å². The van der Waals surface area contributed by atoms with Gasteiger partial charge in [-0.1, -0.05) is 44.2 Å². The molecular formula is C22H34N4O7. The third-order valence-corrected chi connectivity index (χ3v) is 4.88. The summed E-state index contributed by atoms with van der Waals surface area (Å²) in [5, 5.41) is 35.6. The van der Waals surface area contributed by atoms with Crippen LogP contribution in [-0.2, 0) is 25.6 Å². The van der Waals surface area contributed by atoms with Gasteiger partial charge in [-0.25, -0.2) is 4.79 Å². The van der Waals surface area contributed by atoms with E-state index in [1.165, 1.54) is 6.92 Å². The monoisotopic (exact) mass is 466 g/mol. The molecule has 0 aliphatic carbocycles. The van der Waals surface area contributed by atoms with Crippen LogP contribution in [0.15, 0.2) is 30.3 Å². The number of carboxylic acid groups (broad SMARTS) is 1. The standard InChI is InChI=1S/C22H34N4O7/c1-12(2)9-15(24-20(30)17(11-27)26-21(31)18(23)13(3)28)19(29)25-16(22(32)33)10-14-7-5-4-6-8-14/h4-8,12-13,15-18,27-28H,9-11,23H2,1-3H3,(H,24,30)(H,25,29)(H,26,31)(H,32,33). The Bertz CT molecular complexity index is 801. The Kier molecular flexibility index (Phi) is 11.5. The number of hydrogen-bond acceptors (Lipinski definition) is 7. The Morgan fingerprint density at radius 1 is 0.879 bits per heavy atom. The number of aliphatic carboxylic acids is 1. The van der Waals surface area contributed by atoms with Crippen LogP contribution in [-0.4, -0.2) is 75.9 Å². The van der Waals surface area contributed by atoms with Crippen LogP contribution in [0, 0.1) is 5.92 Å². The number of hydrogen-bond donors (Lipinski definition) is 7. The second-order valence-electron chi connectivity index (χ2n) is 8.29. The lowest BCUT2D eigenvalue weighted by molar-refractivity contribution is -0.142. The fraction of sp³-hybridized carbons (Fsp3) is 0.545. The number of aliphatic hydroxyl groups excluding tert-OH is 2. The summed E-state index contributed by atoms with van der Waals surface area (Å²) in [6.45, 7) is 4.16. The second kappa shape index (κ2) is 13.5. The van der Waals surface area contributed by atoms with Crippen LogP contribution in [0.5, 0.6) is 0 Å². The van der Waals surface area contributed by atoms with Crippen LogP contribution >= 0.6 is 0 Å². The van der Waals surface area contributed by atoms with E-state index in [1.807, 2.05) is 13.8 Å². The molecule has 184 valence electrons. The molecule has 3 amide bonds. The zero-order valence-electron chi connectivity index (χ0n) is 19.0. The first kappa shape index (κ1) is 28.0. The first-order valence-corrected chi connectivity index (χ1v) is 10.7. The summed E-state index contributed by atoms with van der Waals surface area (Å²) < 4.78 is 0.